The lowest BCUT2D eigenvalue weighted by Crippen LogP contribution is -2.25. The topological polar surface area (TPSA) is 23.8 Å². The van der Waals surface area contributed by atoms with Crippen molar-refractivity contribution in [2.75, 3.05) is 0 Å². The summed E-state index contributed by atoms with van der Waals surface area (Å²) in [7, 11) is 0. The van der Waals surface area contributed by atoms with Gasteiger partial charge in [-0.2, -0.15) is 5.26 Å². The number of nitriles is 1. The Hall–Kier alpha value is -0.770. The van der Waals surface area contributed by atoms with Crippen molar-refractivity contribution in [3.05, 3.63) is 12.2 Å². The van der Waals surface area contributed by atoms with Crippen LogP contribution in [0.3, 0.4) is 0 Å². The minimum Gasteiger partial charge on any atom is -0.193 e. The Kier molecular flexibility index (Phi) is 5.29. The molecule has 2 saturated carbocycles. The molecule has 0 N–H and O–H groups in total. The van der Waals surface area contributed by atoms with Gasteiger partial charge in [-0.05, 0) is 62.2 Å². The zero-order valence-corrected chi connectivity index (χ0v) is 11.8. The van der Waals surface area contributed by atoms with Gasteiger partial charge < -0.3 is 0 Å². The summed E-state index contributed by atoms with van der Waals surface area (Å²) in [6.45, 7) is 2.34. The number of allylic oxidation sites excluding steroid dienone is 2. The molecule has 0 bridgehead atoms. The molecule has 2 fully saturated rings. The van der Waals surface area contributed by atoms with Gasteiger partial charge in [-0.3, -0.25) is 0 Å². The van der Waals surface area contributed by atoms with Gasteiger partial charge in [0.2, 0.25) is 0 Å². The summed E-state index contributed by atoms with van der Waals surface area (Å²) in [6, 6.07) is 2.12. The second-order valence-corrected chi connectivity index (χ2v) is 6.35. The first kappa shape index (κ1) is 13.7. The summed E-state index contributed by atoms with van der Waals surface area (Å²) >= 11 is 0. The van der Waals surface area contributed by atoms with Gasteiger partial charge in [0.1, 0.15) is 0 Å². The molecular formula is C17H27N. The maximum atomic E-state index is 8.56. The van der Waals surface area contributed by atoms with Gasteiger partial charge in [0.15, 0.2) is 0 Å². The lowest BCUT2D eigenvalue weighted by atomic mass is 9.69. The van der Waals surface area contributed by atoms with E-state index in [4.69, 9.17) is 5.26 Å². The molecule has 0 heterocycles. The first-order valence-electron chi connectivity index (χ1n) is 7.89. The monoisotopic (exact) mass is 245 g/mol. The molecule has 1 heteroatoms. The average Bonchev–Trinajstić information content (AvgIpc) is 2.46. The lowest BCUT2D eigenvalue weighted by molar-refractivity contribution is 0.154. The Morgan fingerprint density at radius 1 is 0.944 bits per heavy atom. The SMILES string of the molecule is CC[C@H]1CC[C@H](C2CCC(/C=C/C#N)CC2)CC1. The molecule has 0 atom stereocenters. The first-order valence-corrected chi connectivity index (χ1v) is 7.89. The predicted molar refractivity (Wildman–Crippen MR) is 75.9 cm³/mol. The Morgan fingerprint density at radius 2 is 1.50 bits per heavy atom. The van der Waals surface area contributed by atoms with Gasteiger partial charge in [0.05, 0.1) is 6.07 Å². The fraction of sp³-hybridized carbons (Fsp3) is 0.824. The van der Waals surface area contributed by atoms with Crippen molar-refractivity contribution in [1.29, 1.82) is 5.26 Å². The molecule has 0 aromatic carbocycles. The van der Waals surface area contributed by atoms with E-state index in [0.717, 1.165) is 17.8 Å². The van der Waals surface area contributed by atoms with Crippen LogP contribution in [0.2, 0.25) is 0 Å². The highest BCUT2D eigenvalue weighted by molar-refractivity contribution is 5.04. The van der Waals surface area contributed by atoms with Crippen molar-refractivity contribution in [3.63, 3.8) is 0 Å². The van der Waals surface area contributed by atoms with Crippen molar-refractivity contribution in [2.45, 2.75) is 64.7 Å². The molecular weight excluding hydrogens is 218 g/mol. The Bertz CT molecular complexity index is 296. The zero-order valence-electron chi connectivity index (χ0n) is 11.8. The number of rotatable bonds is 3. The van der Waals surface area contributed by atoms with E-state index in [9.17, 15) is 0 Å². The zero-order chi connectivity index (χ0) is 12.8. The summed E-state index contributed by atoms with van der Waals surface area (Å²) < 4.78 is 0. The van der Waals surface area contributed by atoms with Crippen molar-refractivity contribution in [1.82, 2.24) is 0 Å². The van der Waals surface area contributed by atoms with E-state index in [1.807, 2.05) is 0 Å². The van der Waals surface area contributed by atoms with Crippen LogP contribution in [0.25, 0.3) is 0 Å². The third-order valence-electron chi connectivity index (χ3n) is 5.39. The van der Waals surface area contributed by atoms with Gasteiger partial charge in [-0.25, -0.2) is 0 Å². The van der Waals surface area contributed by atoms with E-state index in [1.165, 1.54) is 57.8 Å². The summed E-state index contributed by atoms with van der Waals surface area (Å²) in [5, 5.41) is 8.56. The van der Waals surface area contributed by atoms with Crippen molar-refractivity contribution in [3.8, 4) is 6.07 Å². The second kappa shape index (κ2) is 6.98. The molecule has 0 aromatic heterocycles. The molecule has 0 saturated heterocycles. The minimum atomic E-state index is 0.688. The fourth-order valence-corrected chi connectivity index (χ4v) is 4.06. The summed E-state index contributed by atoms with van der Waals surface area (Å²) in [6.07, 6.45) is 16.6. The van der Waals surface area contributed by atoms with Crippen LogP contribution in [0, 0.1) is 35.0 Å². The molecule has 0 aliphatic heterocycles. The van der Waals surface area contributed by atoms with Crippen LogP contribution in [0.1, 0.15) is 64.7 Å². The number of nitrogens with zero attached hydrogens (tertiary/aromatic N) is 1. The van der Waals surface area contributed by atoms with E-state index in [-0.39, 0.29) is 0 Å². The Labute approximate surface area is 112 Å². The van der Waals surface area contributed by atoms with Crippen molar-refractivity contribution >= 4 is 0 Å². The summed E-state index contributed by atoms with van der Waals surface area (Å²) in [5.74, 6) is 3.73. The van der Waals surface area contributed by atoms with E-state index < -0.39 is 0 Å². The van der Waals surface area contributed by atoms with E-state index >= 15 is 0 Å². The highest BCUT2D eigenvalue weighted by Gasteiger charge is 2.29. The summed E-state index contributed by atoms with van der Waals surface area (Å²) in [4.78, 5) is 0. The summed E-state index contributed by atoms with van der Waals surface area (Å²) in [5.41, 5.74) is 0. The minimum absolute atomic E-state index is 0.688. The van der Waals surface area contributed by atoms with Crippen LogP contribution < -0.4 is 0 Å². The van der Waals surface area contributed by atoms with Crippen LogP contribution in [-0.2, 0) is 0 Å². The molecule has 0 radical (unpaired) electrons. The van der Waals surface area contributed by atoms with E-state index in [2.05, 4.69) is 19.1 Å². The highest BCUT2D eigenvalue weighted by atomic mass is 14.3. The molecule has 0 unspecified atom stereocenters. The van der Waals surface area contributed by atoms with E-state index in [1.54, 1.807) is 6.08 Å². The molecule has 2 rings (SSSR count). The van der Waals surface area contributed by atoms with Crippen LogP contribution in [0.5, 0.6) is 0 Å². The van der Waals surface area contributed by atoms with Crippen LogP contribution in [0.15, 0.2) is 12.2 Å². The standard InChI is InChI=1S/C17H27N/c1-2-14-5-9-16(10-6-14)17-11-7-15(8-12-17)4-3-13-18/h3-4,14-17H,2,5-12H2,1H3/b4-3+/t14-,15?,16-,17?. The Morgan fingerprint density at radius 3 is 2.00 bits per heavy atom. The first-order chi connectivity index (χ1) is 8.83. The van der Waals surface area contributed by atoms with E-state index in [0.29, 0.717) is 5.92 Å². The van der Waals surface area contributed by atoms with Crippen molar-refractivity contribution < 1.29 is 0 Å². The van der Waals surface area contributed by atoms with Gasteiger partial charge in [-0.15, -0.1) is 0 Å². The van der Waals surface area contributed by atoms with Gasteiger partial charge in [0.25, 0.3) is 0 Å². The van der Waals surface area contributed by atoms with Crippen LogP contribution in [-0.4, -0.2) is 0 Å². The molecule has 0 spiro atoms. The molecule has 0 amide bonds. The third-order valence-corrected chi connectivity index (χ3v) is 5.39. The van der Waals surface area contributed by atoms with Gasteiger partial charge in [-0.1, -0.05) is 32.3 Å². The largest absolute Gasteiger partial charge is 0.193 e. The van der Waals surface area contributed by atoms with Gasteiger partial charge >= 0.3 is 0 Å². The molecule has 0 aromatic rings. The third kappa shape index (κ3) is 3.61. The molecule has 2 aliphatic rings. The maximum Gasteiger partial charge on any atom is 0.0908 e. The van der Waals surface area contributed by atoms with Gasteiger partial charge in [0, 0.05) is 6.08 Å². The predicted octanol–water partition coefficient (Wildman–Crippen LogP) is 5.09. The molecule has 18 heavy (non-hydrogen) atoms. The fourth-order valence-electron chi connectivity index (χ4n) is 4.06. The number of hydrogen-bond acceptors (Lipinski definition) is 1. The maximum absolute atomic E-state index is 8.56. The number of hydrogen-bond donors (Lipinski definition) is 0. The van der Waals surface area contributed by atoms with Crippen molar-refractivity contribution in [2.24, 2.45) is 23.7 Å². The second-order valence-electron chi connectivity index (χ2n) is 6.35. The molecule has 1 nitrogen and oxygen atoms in total. The highest BCUT2D eigenvalue weighted by Crippen LogP contribution is 2.42. The average molecular weight is 245 g/mol. The smallest absolute Gasteiger partial charge is 0.0908 e. The normalized spacial score (nSPS) is 37.6. The van der Waals surface area contributed by atoms with Crippen LogP contribution >= 0.6 is 0 Å². The lowest BCUT2D eigenvalue weighted by Gasteiger charge is -2.37. The van der Waals surface area contributed by atoms with Crippen LogP contribution in [0.4, 0.5) is 0 Å². The molecule has 2 aliphatic carbocycles. The quantitative estimate of drug-likeness (QED) is 0.635. The Balaban J connectivity index is 1.73. The molecule has 100 valence electrons.